The average molecular weight is 302 g/mol. The molecule has 0 amide bonds. The van der Waals surface area contributed by atoms with Gasteiger partial charge in [-0.2, -0.15) is 23.5 Å². The van der Waals surface area contributed by atoms with Crippen molar-refractivity contribution in [2.45, 2.75) is 29.9 Å². The standard InChI is InChI=1S/C14H19FO2S2/c1-9-14(19-6-5-18-9)12(16)8-10-3-4-13(17-2)11(15)7-10/h3-4,7,9,12,14,16H,5-6,8H2,1-2H3. The van der Waals surface area contributed by atoms with Gasteiger partial charge in [0.15, 0.2) is 11.6 Å². The van der Waals surface area contributed by atoms with E-state index in [4.69, 9.17) is 4.74 Å². The summed E-state index contributed by atoms with van der Waals surface area (Å²) in [6.07, 6.45) is 0.0596. The van der Waals surface area contributed by atoms with Crippen LogP contribution >= 0.6 is 23.5 Å². The second-order valence-corrected chi connectivity index (χ2v) is 7.42. The summed E-state index contributed by atoms with van der Waals surface area (Å²) >= 11 is 3.72. The summed E-state index contributed by atoms with van der Waals surface area (Å²) in [6.45, 7) is 2.15. The highest BCUT2D eigenvalue weighted by Crippen LogP contribution is 2.34. The fourth-order valence-electron chi connectivity index (χ4n) is 2.27. The molecule has 0 saturated carbocycles. The van der Waals surface area contributed by atoms with Crippen LogP contribution in [-0.4, -0.2) is 40.3 Å². The number of methoxy groups -OCH3 is 1. The Morgan fingerprint density at radius 1 is 1.42 bits per heavy atom. The Hall–Kier alpha value is -0.390. The van der Waals surface area contributed by atoms with Gasteiger partial charge >= 0.3 is 0 Å². The Morgan fingerprint density at radius 2 is 2.16 bits per heavy atom. The molecule has 1 heterocycles. The van der Waals surface area contributed by atoms with E-state index < -0.39 is 6.10 Å². The first-order valence-corrected chi connectivity index (χ1v) is 8.45. The summed E-state index contributed by atoms with van der Waals surface area (Å²) in [6, 6.07) is 4.88. The predicted molar refractivity (Wildman–Crippen MR) is 80.8 cm³/mol. The normalized spacial score (nSPS) is 25.1. The van der Waals surface area contributed by atoms with Crippen LogP contribution in [0.5, 0.6) is 5.75 Å². The summed E-state index contributed by atoms with van der Waals surface area (Å²) in [5.41, 5.74) is 0.814. The molecule has 1 aromatic rings. The maximum Gasteiger partial charge on any atom is 0.165 e. The minimum atomic E-state index is -0.430. The third-order valence-corrected chi connectivity index (χ3v) is 6.51. The molecule has 1 fully saturated rings. The van der Waals surface area contributed by atoms with E-state index in [1.54, 1.807) is 6.07 Å². The molecule has 1 saturated heterocycles. The topological polar surface area (TPSA) is 29.5 Å². The molecule has 2 nitrogen and oxygen atoms in total. The SMILES string of the molecule is COc1ccc(CC(O)C2SCCSC2C)cc1F. The van der Waals surface area contributed by atoms with Gasteiger partial charge in [-0.25, -0.2) is 4.39 Å². The minimum Gasteiger partial charge on any atom is -0.494 e. The Morgan fingerprint density at radius 3 is 2.79 bits per heavy atom. The quantitative estimate of drug-likeness (QED) is 0.926. The molecular formula is C14H19FO2S2. The van der Waals surface area contributed by atoms with Crippen molar-refractivity contribution in [1.82, 2.24) is 0 Å². The Balaban J connectivity index is 2.01. The molecule has 1 aromatic carbocycles. The molecule has 1 aliphatic rings. The first kappa shape index (κ1) is 15.0. The summed E-state index contributed by atoms with van der Waals surface area (Å²) in [5, 5.41) is 11.0. The van der Waals surface area contributed by atoms with Crippen LogP contribution in [0.15, 0.2) is 18.2 Å². The van der Waals surface area contributed by atoms with Gasteiger partial charge in [-0.15, -0.1) is 0 Å². The Bertz CT molecular complexity index is 428. The molecular weight excluding hydrogens is 283 g/mol. The largest absolute Gasteiger partial charge is 0.494 e. The van der Waals surface area contributed by atoms with Gasteiger partial charge in [-0.05, 0) is 24.1 Å². The van der Waals surface area contributed by atoms with Crippen molar-refractivity contribution in [1.29, 1.82) is 0 Å². The van der Waals surface area contributed by atoms with E-state index in [2.05, 4.69) is 6.92 Å². The van der Waals surface area contributed by atoms with Gasteiger partial charge in [0.05, 0.1) is 13.2 Å². The highest BCUT2D eigenvalue weighted by molar-refractivity contribution is 8.07. The van der Waals surface area contributed by atoms with Crippen molar-refractivity contribution in [2.24, 2.45) is 0 Å². The average Bonchev–Trinajstić information content (AvgIpc) is 2.39. The first-order chi connectivity index (χ1) is 9.11. The van der Waals surface area contributed by atoms with E-state index >= 15 is 0 Å². The van der Waals surface area contributed by atoms with Crippen LogP contribution in [0.4, 0.5) is 4.39 Å². The van der Waals surface area contributed by atoms with Crippen LogP contribution in [0.1, 0.15) is 12.5 Å². The Labute approximate surface area is 122 Å². The smallest absolute Gasteiger partial charge is 0.165 e. The predicted octanol–water partition coefficient (Wildman–Crippen LogP) is 2.97. The Kier molecular flexibility index (Phi) is 5.42. The highest BCUT2D eigenvalue weighted by atomic mass is 32.2. The number of aliphatic hydroxyl groups is 1. The molecule has 0 radical (unpaired) electrons. The third kappa shape index (κ3) is 3.80. The molecule has 19 heavy (non-hydrogen) atoms. The summed E-state index contributed by atoms with van der Waals surface area (Å²) in [4.78, 5) is 0. The second-order valence-electron chi connectivity index (χ2n) is 4.65. The lowest BCUT2D eigenvalue weighted by Crippen LogP contribution is -2.36. The molecule has 3 atom stereocenters. The number of ether oxygens (including phenoxy) is 1. The number of rotatable bonds is 4. The molecule has 0 spiro atoms. The maximum atomic E-state index is 13.6. The molecule has 1 N–H and O–H groups in total. The number of thioether (sulfide) groups is 2. The van der Waals surface area contributed by atoms with Crippen LogP contribution in [0.3, 0.4) is 0 Å². The lowest BCUT2D eigenvalue weighted by atomic mass is 10.0. The van der Waals surface area contributed by atoms with Gasteiger partial charge in [-0.3, -0.25) is 0 Å². The number of benzene rings is 1. The first-order valence-electron chi connectivity index (χ1n) is 6.35. The molecule has 2 rings (SSSR count). The minimum absolute atomic E-state index is 0.226. The molecule has 0 bridgehead atoms. The summed E-state index contributed by atoms with van der Waals surface area (Å²) in [7, 11) is 1.45. The molecule has 1 aliphatic heterocycles. The van der Waals surface area contributed by atoms with Crippen LogP contribution < -0.4 is 4.74 Å². The van der Waals surface area contributed by atoms with Crippen molar-refractivity contribution < 1.29 is 14.2 Å². The van der Waals surface area contributed by atoms with Crippen molar-refractivity contribution in [3.63, 3.8) is 0 Å². The fraction of sp³-hybridized carbons (Fsp3) is 0.571. The van der Waals surface area contributed by atoms with Gasteiger partial charge < -0.3 is 9.84 Å². The highest BCUT2D eigenvalue weighted by Gasteiger charge is 2.29. The molecule has 3 unspecified atom stereocenters. The van der Waals surface area contributed by atoms with Crippen molar-refractivity contribution in [2.75, 3.05) is 18.6 Å². The van der Waals surface area contributed by atoms with E-state index in [1.165, 1.54) is 13.2 Å². The monoisotopic (exact) mass is 302 g/mol. The fourth-order valence-corrected chi connectivity index (χ4v) is 5.11. The zero-order chi connectivity index (χ0) is 13.8. The van der Waals surface area contributed by atoms with E-state index in [0.717, 1.165) is 17.1 Å². The molecule has 0 aromatic heterocycles. The number of aliphatic hydroxyl groups excluding tert-OH is 1. The summed E-state index contributed by atoms with van der Waals surface area (Å²) in [5.74, 6) is 2.10. The van der Waals surface area contributed by atoms with Crippen molar-refractivity contribution >= 4 is 23.5 Å². The zero-order valence-corrected chi connectivity index (χ0v) is 12.8. The van der Waals surface area contributed by atoms with Crippen LogP contribution in [0, 0.1) is 5.82 Å². The van der Waals surface area contributed by atoms with Crippen LogP contribution in [-0.2, 0) is 6.42 Å². The molecule has 106 valence electrons. The van der Waals surface area contributed by atoms with E-state index in [9.17, 15) is 9.50 Å². The van der Waals surface area contributed by atoms with Crippen molar-refractivity contribution in [3.8, 4) is 5.75 Å². The molecule has 5 heteroatoms. The maximum absolute atomic E-state index is 13.6. The lowest BCUT2D eigenvalue weighted by molar-refractivity contribution is 0.171. The van der Waals surface area contributed by atoms with Gasteiger partial charge in [0.1, 0.15) is 0 Å². The zero-order valence-electron chi connectivity index (χ0n) is 11.1. The van der Waals surface area contributed by atoms with Crippen LogP contribution in [0.25, 0.3) is 0 Å². The van der Waals surface area contributed by atoms with E-state index in [1.807, 2.05) is 29.6 Å². The lowest BCUT2D eigenvalue weighted by Gasteiger charge is -2.31. The van der Waals surface area contributed by atoms with Gasteiger partial charge in [0.25, 0.3) is 0 Å². The van der Waals surface area contributed by atoms with Crippen LogP contribution in [0.2, 0.25) is 0 Å². The van der Waals surface area contributed by atoms with Gasteiger partial charge in [0, 0.05) is 22.0 Å². The number of hydrogen-bond donors (Lipinski definition) is 1. The molecule has 0 aliphatic carbocycles. The number of halogens is 1. The van der Waals surface area contributed by atoms with Gasteiger partial charge in [0.2, 0.25) is 0 Å². The van der Waals surface area contributed by atoms with E-state index in [-0.39, 0.29) is 16.8 Å². The van der Waals surface area contributed by atoms with E-state index in [0.29, 0.717) is 11.7 Å². The second kappa shape index (κ2) is 6.86. The third-order valence-electron chi connectivity index (χ3n) is 3.28. The van der Waals surface area contributed by atoms with Crippen molar-refractivity contribution in [3.05, 3.63) is 29.6 Å². The van der Waals surface area contributed by atoms with Gasteiger partial charge in [-0.1, -0.05) is 13.0 Å². The number of hydrogen-bond acceptors (Lipinski definition) is 4. The summed E-state index contributed by atoms with van der Waals surface area (Å²) < 4.78 is 18.5.